The van der Waals surface area contributed by atoms with Crippen molar-refractivity contribution in [3.63, 3.8) is 0 Å². The summed E-state index contributed by atoms with van der Waals surface area (Å²) in [6.45, 7) is 0.0541. The van der Waals surface area contributed by atoms with Crippen molar-refractivity contribution in [3.05, 3.63) is 107 Å². The molecule has 4 heterocycles. The van der Waals surface area contributed by atoms with E-state index >= 15 is 0 Å². The summed E-state index contributed by atoms with van der Waals surface area (Å²) in [5, 5.41) is 4.66. The number of halogens is 2. The Bertz CT molecular complexity index is 2480. The van der Waals surface area contributed by atoms with E-state index in [4.69, 9.17) is 33.4 Å². The van der Waals surface area contributed by atoms with Gasteiger partial charge in [-0.2, -0.15) is 0 Å². The number of benzene rings is 4. The number of H-pyrrole nitrogens is 1. The third kappa shape index (κ3) is 5.09. The molecule has 2 N–H and O–H groups in total. The number of aromatic amines is 1. The summed E-state index contributed by atoms with van der Waals surface area (Å²) in [5.41, 5.74) is 4.08. The number of esters is 1. The van der Waals surface area contributed by atoms with Crippen molar-refractivity contribution in [3.8, 4) is 40.0 Å². The van der Waals surface area contributed by atoms with Gasteiger partial charge >= 0.3 is 5.97 Å². The smallest absolute Gasteiger partial charge is 0.310 e. The van der Waals surface area contributed by atoms with E-state index in [1.54, 1.807) is 6.07 Å². The average molecular weight is 720 g/mol. The lowest BCUT2D eigenvalue weighted by atomic mass is 9.65. The second-order valence-electron chi connectivity index (χ2n) is 13.1. The van der Waals surface area contributed by atoms with Gasteiger partial charge in [0, 0.05) is 33.7 Å². The number of para-hydroxylation sites is 1. The fourth-order valence-corrected chi connectivity index (χ4v) is 8.06. The van der Waals surface area contributed by atoms with Crippen molar-refractivity contribution in [1.29, 1.82) is 0 Å². The number of aromatic nitrogens is 2. The zero-order valence-corrected chi connectivity index (χ0v) is 28.6. The first-order chi connectivity index (χ1) is 25.8. The molecule has 2 aliphatic heterocycles. The van der Waals surface area contributed by atoms with E-state index in [0.717, 1.165) is 28.6 Å². The third-order valence-corrected chi connectivity index (χ3v) is 10.4. The highest BCUT2D eigenvalue weighted by atomic mass is 19.2. The van der Waals surface area contributed by atoms with Gasteiger partial charge in [0.2, 0.25) is 12.5 Å². The summed E-state index contributed by atoms with van der Waals surface area (Å²) in [7, 11) is 4.55. The predicted molar refractivity (Wildman–Crippen MR) is 188 cm³/mol. The molecule has 1 fully saturated rings. The van der Waals surface area contributed by atoms with Gasteiger partial charge in [-0.15, -0.1) is 0 Å². The first-order valence-electron chi connectivity index (χ1n) is 16.9. The molecule has 4 aromatic carbocycles. The normalized spacial score (nSPS) is 19.8. The van der Waals surface area contributed by atoms with Gasteiger partial charge in [0.05, 0.1) is 51.1 Å². The number of fused-ring (bicyclic) bond motifs is 6. The summed E-state index contributed by atoms with van der Waals surface area (Å²) in [4.78, 5) is 36.2. The molecule has 0 unspecified atom stereocenters. The Kier molecular flexibility index (Phi) is 7.61. The third-order valence-electron chi connectivity index (χ3n) is 10.4. The molecule has 53 heavy (non-hydrogen) atoms. The van der Waals surface area contributed by atoms with Crippen LogP contribution in [0.25, 0.3) is 33.1 Å². The molecule has 0 saturated carbocycles. The minimum Gasteiger partial charge on any atom is -0.493 e. The first-order valence-corrected chi connectivity index (χ1v) is 16.9. The van der Waals surface area contributed by atoms with Crippen LogP contribution in [0.4, 0.5) is 8.78 Å². The molecule has 1 aliphatic carbocycles. The van der Waals surface area contributed by atoms with Crippen molar-refractivity contribution in [2.75, 3.05) is 34.7 Å². The van der Waals surface area contributed by atoms with Crippen molar-refractivity contribution in [1.82, 2.24) is 15.3 Å². The van der Waals surface area contributed by atoms with Crippen LogP contribution in [0.1, 0.15) is 39.1 Å². The maximum atomic E-state index is 14.5. The van der Waals surface area contributed by atoms with E-state index in [1.807, 2.05) is 48.5 Å². The number of methoxy groups -OCH3 is 3. The van der Waals surface area contributed by atoms with Crippen LogP contribution >= 0.6 is 0 Å². The molecule has 3 aliphatic rings. The summed E-state index contributed by atoms with van der Waals surface area (Å²) in [6, 6.07) is 19.3. The van der Waals surface area contributed by atoms with E-state index in [-0.39, 0.29) is 30.4 Å². The van der Waals surface area contributed by atoms with E-state index in [1.165, 1.54) is 27.4 Å². The number of hydrogen-bond donors (Lipinski definition) is 2. The van der Waals surface area contributed by atoms with Gasteiger partial charge in [0.1, 0.15) is 5.69 Å². The molecular formula is C40H31F2N3O8. The van der Waals surface area contributed by atoms with E-state index in [0.29, 0.717) is 50.8 Å². The van der Waals surface area contributed by atoms with E-state index in [9.17, 15) is 18.4 Å². The molecule has 1 amide bonds. The number of carbonyl (C=O) groups excluding carboxylic acids is 2. The highest BCUT2D eigenvalue weighted by Gasteiger charge is 2.53. The SMILES string of the molecule is COc1cc([C@@H]2c3cc4c(cc3[C@H](NC(=O)c3cc5c([nH]c6ccccc65)c(-c5ccc(F)c(F)c5)n3)[C@H]3COC(=O)[C@H]23)OCO4)cc(OC)c1OC. The number of amides is 1. The highest BCUT2D eigenvalue weighted by molar-refractivity contribution is 6.13. The zero-order chi connectivity index (χ0) is 36.5. The second-order valence-corrected chi connectivity index (χ2v) is 13.1. The maximum Gasteiger partial charge on any atom is 0.310 e. The van der Waals surface area contributed by atoms with Crippen molar-refractivity contribution in [2.45, 2.75) is 12.0 Å². The van der Waals surface area contributed by atoms with E-state index in [2.05, 4.69) is 10.3 Å². The average Bonchev–Trinajstić information content (AvgIpc) is 3.91. The topological polar surface area (TPSA) is 130 Å². The number of ether oxygens (including phenoxy) is 6. The molecule has 268 valence electrons. The first kappa shape index (κ1) is 32.5. The number of nitrogens with one attached hydrogen (secondary N) is 2. The number of hydrogen-bond acceptors (Lipinski definition) is 9. The molecule has 2 aromatic heterocycles. The van der Waals surface area contributed by atoms with Crippen LogP contribution in [0, 0.1) is 23.5 Å². The number of pyridine rings is 1. The van der Waals surface area contributed by atoms with Crippen LogP contribution < -0.4 is 29.0 Å². The molecule has 4 atom stereocenters. The van der Waals surface area contributed by atoms with E-state index < -0.39 is 47.3 Å². The maximum absolute atomic E-state index is 14.5. The molecule has 11 nitrogen and oxygen atoms in total. The predicted octanol–water partition coefficient (Wildman–Crippen LogP) is 6.82. The number of rotatable bonds is 7. The van der Waals surface area contributed by atoms with Crippen LogP contribution in [-0.4, -0.2) is 56.6 Å². The van der Waals surface area contributed by atoms with Gasteiger partial charge in [0.15, 0.2) is 34.6 Å². The van der Waals surface area contributed by atoms with Crippen molar-refractivity contribution in [2.24, 2.45) is 11.8 Å². The minimum atomic E-state index is -1.04. The zero-order valence-electron chi connectivity index (χ0n) is 28.6. The summed E-state index contributed by atoms with van der Waals surface area (Å²) < 4.78 is 62.7. The molecule has 0 spiro atoms. The monoisotopic (exact) mass is 719 g/mol. The second kappa shape index (κ2) is 12.4. The summed E-state index contributed by atoms with van der Waals surface area (Å²) in [5.74, 6) is -2.57. The Labute approximate surface area is 300 Å². The molecule has 13 heteroatoms. The molecule has 1 saturated heterocycles. The lowest BCUT2D eigenvalue weighted by Crippen LogP contribution is -2.43. The number of nitrogens with zero attached hydrogens (tertiary/aromatic N) is 1. The highest BCUT2D eigenvalue weighted by Crippen LogP contribution is 2.55. The van der Waals surface area contributed by atoms with Crippen LogP contribution in [0.3, 0.4) is 0 Å². The number of carbonyl (C=O) groups is 2. The van der Waals surface area contributed by atoms with Crippen molar-refractivity contribution < 1.29 is 46.8 Å². The Hall–Kier alpha value is -6.37. The fourth-order valence-electron chi connectivity index (χ4n) is 8.06. The largest absolute Gasteiger partial charge is 0.493 e. The van der Waals surface area contributed by atoms with Crippen LogP contribution in [0.5, 0.6) is 28.7 Å². The quantitative estimate of drug-likeness (QED) is 0.171. The molecule has 0 radical (unpaired) electrons. The van der Waals surface area contributed by atoms with Crippen LogP contribution in [-0.2, 0) is 9.53 Å². The van der Waals surface area contributed by atoms with Gasteiger partial charge < -0.3 is 38.7 Å². The molecule has 6 aromatic rings. The fraction of sp³-hybridized carbons (Fsp3) is 0.225. The standard InChI is InChI=1S/C40H31F2N3O8/c1-48-31-11-19(12-32(49-2)38(31)50-3)33-21-14-29-30(53-17-52-29)15-23(21)36(24-16-51-40(47)34(24)33)45-39(46)28-13-22-20-6-4-5-7-27(20)43-37(22)35(44-28)18-8-9-25(41)26(42)10-18/h4-15,24,33-34,36,43H,16-17H2,1-3H3,(H,45,46)/t24-,33+,34-,36-/m0/s1. The van der Waals surface area contributed by atoms with Gasteiger partial charge in [0.25, 0.3) is 5.91 Å². The Morgan fingerprint density at radius 2 is 1.58 bits per heavy atom. The lowest BCUT2D eigenvalue weighted by Gasteiger charge is -2.39. The van der Waals surface area contributed by atoms with Gasteiger partial charge in [-0.05, 0) is 71.3 Å². The van der Waals surface area contributed by atoms with Gasteiger partial charge in [-0.3, -0.25) is 9.59 Å². The van der Waals surface area contributed by atoms with Gasteiger partial charge in [-0.25, -0.2) is 13.8 Å². The van der Waals surface area contributed by atoms with Crippen LogP contribution in [0.15, 0.2) is 72.8 Å². The van der Waals surface area contributed by atoms with Gasteiger partial charge in [-0.1, -0.05) is 18.2 Å². The Balaban J connectivity index is 1.19. The molecule has 9 rings (SSSR count). The molecular weight excluding hydrogens is 688 g/mol. The Morgan fingerprint density at radius 1 is 0.849 bits per heavy atom. The Morgan fingerprint density at radius 3 is 2.30 bits per heavy atom. The lowest BCUT2D eigenvalue weighted by molar-refractivity contribution is -0.141. The summed E-state index contributed by atoms with van der Waals surface area (Å²) >= 11 is 0. The minimum absolute atomic E-state index is 0.0142. The molecule has 0 bridgehead atoms. The van der Waals surface area contributed by atoms with Crippen LogP contribution in [0.2, 0.25) is 0 Å². The number of cyclic esters (lactones) is 1. The summed E-state index contributed by atoms with van der Waals surface area (Å²) in [6.07, 6.45) is 0. The van der Waals surface area contributed by atoms with Crippen molar-refractivity contribution >= 4 is 33.7 Å².